The molecule has 1 fully saturated rings. The first-order valence-electron chi connectivity index (χ1n) is 6.27. The first-order chi connectivity index (χ1) is 9.95. The number of halogens is 1. The molecule has 1 aromatic heterocycles. The van der Waals surface area contributed by atoms with E-state index in [1.54, 1.807) is 41.5 Å². The number of carbonyl (C=O) groups is 1. The Labute approximate surface area is 121 Å². The van der Waals surface area contributed by atoms with Gasteiger partial charge in [0.1, 0.15) is 5.25 Å². The van der Waals surface area contributed by atoms with Crippen molar-refractivity contribution in [2.45, 2.75) is 11.7 Å². The molecule has 0 bridgehead atoms. The molecule has 3 rings (SSSR count). The van der Waals surface area contributed by atoms with Crippen molar-refractivity contribution >= 4 is 21.8 Å². The molecule has 0 saturated carbocycles. The lowest BCUT2D eigenvalue weighted by Crippen LogP contribution is -2.26. The monoisotopic (exact) mass is 309 g/mol. The number of anilines is 1. The van der Waals surface area contributed by atoms with E-state index in [4.69, 9.17) is 0 Å². The Morgan fingerprint density at radius 1 is 1.29 bits per heavy atom. The Morgan fingerprint density at radius 3 is 2.67 bits per heavy atom. The molecule has 0 spiro atoms. The van der Waals surface area contributed by atoms with Gasteiger partial charge in [0.25, 0.3) is 0 Å². The van der Waals surface area contributed by atoms with Crippen LogP contribution in [0.2, 0.25) is 0 Å². The van der Waals surface area contributed by atoms with Crippen LogP contribution in [0.25, 0.3) is 5.69 Å². The molecular formula is C13H12FN3O3S. The van der Waals surface area contributed by atoms with Gasteiger partial charge in [0.2, 0.25) is 5.91 Å². The molecule has 110 valence electrons. The normalized spacial score (nSPS) is 19.2. The van der Waals surface area contributed by atoms with Crippen LogP contribution in [-0.4, -0.2) is 35.7 Å². The zero-order valence-corrected chi connectivity index (χ0v) is 11.7. The minimum Gasteiger partial charge on any atom is -0.311 e. The maximum Gasteiger partial charge on any atom is 0.307 e. The summed E-state index contributed by atoms with van der Waals surface area (Å²) in [5.74, 6) is -0.399. The van der Waals surface area contributed by atoms with E-state index in [2.05, 4.69) is 4.98 Å². The molecule has 2 aromatic rings. The Morgan fingerprint density at radius 2 is 2.05 bits per heavy atom. The molecule has 1 amide bonds. The van der Waals surface area contributed by atoms with Crippen LogP contribution in [0.5, 0.6) is 0 Å². The molecule has 0 N–H and O–H groups in total. The third kappa shape index (κ3) is 2.66. The minimum absolute atomic E-state index is 0.162. The van der Waals surface area contributed by atoms with Gasteiger partial charge >= 0.3 is 10.2 Å². The molecule has 0 radical (unpaired) electrons. The summed E-state index contributed by atoms with van der Waals surface area (Å²) in [7, 11) is -4.71. The summed E-state index contributed by atoms with van der Waals surface area (Å²) in [4.78, 5) is 17.1. The van der Waals surface area contributed by atoms with E-state index >= 15 is 0 Å². The first-order valence-corrected chi connectivity index (χ1v) is 7.72. The predicted octanol–water partition coefficient (Wildman–Crippen LogP) is 1.28. The maximum atomic E-state index is 13.0. The fourth-order valence-electron chi connectivity index (χ4n) is 2.35. The van der Waals surface area contributed by atoms with Gasteiger partial charge < -0.3 is 9.47 Å². The number of nitrogens with zero attached hydrogens (tertiary/aromatic N) is 3. The number of benzene rings is 1. The number of amides is 1. The van der Waals surface area contributed by atoms with Crippen LogP contribution in [0, 0.1) is 0 Å². The number of aromatic nitrogens is 2. The molecule has 1 atom stereocenters. The second-order valence-electron chi connectivity index (χ2n) is 4.80. The summed E-state index contributed by atoms with van der Waals surface area (Å²) in [6.45, 7) is -0.162. The predicted molar refractivity (Wildman–Crippen MR) is 74.3 cm³/mol. The van der Waals surface area contributed by atoms with E-state index in [0.717, 1.165) is 5.69 Å². The van der Waals surface area contributed by atoms with Crippen molar-refractivity contribution < 1.29 is 17.1 Å². The molecular weight excluding hydrogens is 297 g/mol. The molecule has 0 aliphatic carbocycles. The highest BCUT2D eigenvalue weighted by Crippen LogP contribution is 2.27. The van der Waals surface area contributed by atoms with Crippen LogP contribution in [0.4, 0.5) is 9.57 Å². The van der Waals surface area contributed by atoms with Crippen molar-refractivity contribution in [3.63, 3.8) is 0 Å². The van der Waals surface area contributed by atoms with Crippen LogP contribution in [-0.2, 0) is 15.0 Å². The highest BCUT2D eigenvalue weighted by Gasteiger charge is 2.39. The summed E-state index contributed by atoms with van der Waals surface area (Å²) < 4.78 is 36.7. The number of imidazole rings is 1. The summed E-state index contributed by atoms with van der Waals surface area (Å²) in [6, 6.07) is 6.99. The van der Waals surface area contributed by atoms with Gasteiger partial charge in [-0.25, -0.2) is 4.98 Å². The SMILES string of the molecule is O=C1CC(S(=O)(=O)F)CN1c1cccc(-n2ccnc2)c1. The van der Waals surface area contributed by atoms with E-state index in [0.29, 0.717) is 5.69 Å². The Balaban J connectivity index is 1.91. The van der Waals surface area contributed by atoms with Crippen molar-refractivity contribution in [3.8, 4) is 5.69 Å². The van der Waals surface area contributed by atoms with Crippen molar-refractivity contribution in [3.05, 3.63) is 43.0 Å². The molecule has 21 heavy (non-hydrogen) atoms. The molecule has 1 unspecified atom stereocenters. The zero-order chi connectivity index (χ0) is 15.0. The fraction of sp³-hybridized carbons (Fsp3) is 0.231. The summed E-state index contributed by atoms with van der Waals surface area (Å²) in [5, 5.41) is -1.29. The molecule has 2 heterocycles. The van der Waals surface area contributed by atoms with Gasteiger partial charge in [-0.15, -0.1) is 3.89 Å². The molecule has 8 heteroatoms. The van der Waals surface area contributed by atoms with Gasteiger partial charge in [-0.2, -0.15) is 8.42 Å². The standard InChI is InChI=1S/C13H12FN3O3S/c14-21(19,20)12-7-13(18)17(8-12)11-3-1-2-10(6-11)16-5-4-15-9-16/h1-6,9,12H,7-8H2. The number of hydrogen-bond donors (Lipinski definition) is 0. The molecule has 1 aliphatic rings. The molecule has 1 aliphatic heterocycles. The lowest BCUT2D eigenvalue weighted by molar-refractivity contribution is -0.117. The minimum atomic E-state index is -4.71. The van der Waals surface area contributed by atoms with Crippen LogP contribution in [0.15, 0.2) is 43.0 Å². The lowest BCUT2D eigenvalue weighted by Gasteiger charge is -2.17. The van der Waals surface area contributed by atoms with E-state index < -0.39 is 21.4 Å². The maximum absolute atomic E-state index is 13.0. The van der Waals surface area contributed by atoms with Crippen molar-refractivity contribution in [1.29, 1.82) is 0 Å². The third-order valence-corrected chi connectivity index (χ3v) is 4.54. The highest BCUT2D eigenvalue weighted by molar-refractivity contribution is 7.87. The van der Waals surface area contributed by atoms with Crippen molar-refractivity contribution in [2.75, 3.05) is 11.4 Å². The topological polar surface area (TPSA) is 72.3 Å². The number of carbonyl (C=O) groups excluding carboxylic acids is 1. The third-order valence-electron chi connectivity index (χ3n) is 3.43. The summed E-state index contributed by atoms with van der Waals surface area (Å²) in [6.07, 6.45) is 4.66. The van der Waals surface area contributed by atoms with Gasteiger partial charge in [0, 0.05) is 36.7 Å². The Hall–Kier alpha value is -2.22. The number of rotatable bonds is 3. The molecule has 6 nitrogen and oxygen atoms in total. The van der Waals surface area contributed by atoms with Gasteiger partial charge in [0.15, 0.2) is 0 Å². The van der Waals surface area contributed by atoms with Crippen LogP contribution >= 0.6 is 0 Å². The summed E-state index contributed by atoms with van der Waals surface area (Å²) >= 11 is 0. The molecule has 1 saturated heterocycles. The van der Waals surface area contributed by atoms with Crippen LogP contribution in [0.3, 0.4) is 0 Å². The van der Waals surface area contributed by atoms with Gasteiger partial charge in [-0.05, 0) is 18.2 Å². The second-order valence-corrected chi connectivity index (χ2v) is 6.41. The van der Waals surface area contributed by atoms with E-state index in [9.17, 15) is 17.1 Å². The Kier molecular flexibility index (Phi) is 3.25. The number of hydrogen-bond acceptors (Lipinski definition) is 4. The van der Waals surface area contributed by atoms with Crippen molar-refractivity contribution in [1.82, 2.24) is 9.55 Å². The average Bonchev–Trinajstić information content (AvgIpc) is 3.07. The van der Waals surface area contributed by atoms with Crippen molar-refractivity contribution in [2.24, 2.45) is 0 Å². The smallest absolute Gasteiger partial charge is 0.307 e. The van der Waals surface area contributed by atoms with Crippen LogP contribution < -0.4 is 4.90 Å². The van der Waals surface area contributed by atoms with Gasteiger partial charge in [-0.3, -0.25) is 4.79 Å². The van der Waals surface area contributed by atoms with E-state index in [1.807, 2.05) is 6.07 Å². The summed E-state index contributed by atoms with van der Waals surface area (Å²) in [5.41, 5.74) is 1.32. The fourth-order valence-corrected chi connectivity index (χ4v) is 3.02. The Bertz CT molecular complexity index is 774. The van der Waals surface area contributed by atoms with Gasteiger partial charge in [0.05, 0.1) is 6.33 Å². The quantitative estimate of drug-likeness (QED) is 0.801. The van der Waals surface area contributed by atoms with Gasteiger partial charge in [-0.1, -0.05) is 6.07 Å². The highest BCUT2D eigenvalue weighted by atomic mass is 32.3. The van der Waals surface area contributed by atoms with E-state index in [1.165, 1.54) is 4.90 Å². The molecule has 1 aromatic carbocycles. The average molecular weight is 309 g/mol. The van der Waals surface area contributed by atoms with E-state index in [-0.39, 0.29) is 13.0 Å². The zero-order valence-electron chi connectivity index (χ0n) is 10.9. The second kappa shape index (κ2) is 4.96. The largest absolute Gasteiger partial charge is 0.311 e. The van der Waals surface area contributed by atoms with Crippen LogP contribution in [0.1, 0.15) is 6.42 Å². The first kappa shape index (κ1) is 13.7. The lowest BCUT2D eigenvalue weighted by atomic mass is 10.2.